The Hall–Kier alpha value is -1.00. The van der Waals surface area contributed by atoms with Crippen LogP contribution in [0.5, 0.6) is 0 Å². The molecule has 0 spiro atoms. The number of nitrogens with two attached hydrogens (primary N) is 1. The van der Waals surface area contributed by atoms with Crippen LogP contribution in [0.1, 0.15) is 30.4 Å². The van der Waals surface area contributed by atoms with Gasteiger partial charge in [0.2, 0.25) is 0 Å². The molecule has 0 amide bonds. The number of rotatable bonds is 9. The van der Waals surface area contributed by atoms with Crippen molar-refractivity contribution in [1.82, 2.24) is 0 Å². The number of hydrogen-bond donors (Lipinski definition) is 1. The molecule has 0 radical (unpaired) electrons. The fourth-order valence-electron chi connectivity index (χ4n) is 1.81. The molecule has 0 heterocycles. The number of oxime groups is 1. The summed E-state index contributed by atoms with van der Waals surface area (Å²) in [5, 5.41) is 3.99. The van der Waals surface area contributed by atoms with Crippen molar-refractivity contribution in [3.05, 3.63) is 35.4 Å². The van der Waals surface area contributed by atoms with E-state index in [-0.39, 0.29) is 25.5 Å². The summed E-state index contributed by atoms with van der Waals surface area (Å²) in [7, 11) is 1.62. The van der Waals surface area contributed by atoms with Crippen LogP contribution in [0, 0.1) is 0 Å². The third kappa shape index (κ3) is 8.42. The number of halogens is 3. The van der Waals surface area contributed by atoms with Crippen molar-refractivity contribution in [2.45, 2.75) is 25.4 Å². The molecule has 1 aromatic rings. The van der Waals surface area contributed by atoms with Crippen molar-refractivity contribution in [2.75, 3.05) is 26.9 Å². The van der Waals surface area contributed by atoms with Gasteiger partial charge in [0.1, 0.15) is 6.61 Å². The van der Waals surface area contributed by atoms with Gasteiger partial charge in [-0.15, -0.1) is 0 Å². The number of methoxy groups -OCH3 is 1. The SMILES string of the molecule is COCCCC/C(=N\OCCN)c1ccc(C(F)(F)F)cc1.[LiH]. The van der Waals surface area contributed by atoms with Gasteiger partial charge in [0.05, 0.1) is 11.3 Å². The standard InChI is InChI=1S/C15H21F3N2O2.Li.H/c1-21-10-3-2-4-14(20-22-11-9-19)12-5-7-13(8-6-12)15(16,17)18;;/h5-8H,2-4,9-11,19H2,1H3;;/b20-14+;;. The zero-order valence-electron chi connectivity index (χ0n) is 12.5. The van der Waals surface area contributed by atoms with Gasteiger partial charge in [0.25, 0.3) is 0 Å². The molecule has 0 aliphatic carbocycles. The van der Waals surface area contributed by atoms with Crippen LogP contribution >= 0.6 is 0 Å². The third-order valence-electron chi connectivity index (χ3n) is 2.94. The van der Waals surface area contributed by atoms with E-state index in [0.717, 1.165) is 25.0 Å². The summed E-state index contributed by atoms with van der Waals surface area (Å²) < 4.78 is 42.7. The van der Waals surface area contributed by atoms with Crippen molar-refractivity contribution in [1.29, 1.82) is 0 Å². The summed E-state index contributed by atoms with van der Waals surface area (Å²) in [6.45, 7) is 1.22. The molecule has 126 valence electrons. The molecule has 0 saturated heterocycles. The molecule has 0 saturated carbocycles. The van der Waals surface area contributed by atoms with E-state index in [1.54, 1.807) is 7.11 Å². The average Bonchev–Trinajstić information content (AvgIpc) is 2.49. The molecule has 1 rings (SSSR count). The minimum absolute atomic E-state index is 0. The van der Waals surface area contributed by atoms with E-state index < -0.39 is 11.7 Å². The Morgan fingerprint density at radius 1 is 1.13 bits per heavy atom. The fraction of sp³-hybridized carbons (Fsp3) is 0.533. The van der Waals surface area contributed by atoms with Gasteiger partial charge >= 0.3 is 25.0 Å². The van der Waals surface area contributed by atoms with Crippen molar-refractivity contribution < 1.29 is 22.7 Å². The van der Waals surface area contributed by atoms with Crippen LogP contribution in [0.2, 0.25) is 0 Å². The van der Waals surface area contributed by atoms with Gasteiger partial charge in [-0.1, -0.05) is 17.3 Å². The molecular weight excluding hydrogens is 304 g/mol. The van der Waals surface area contributed by atoms with Gasteiger partial charge in [-0.3, -0.25) is 0 Å². The molecule has 8 heteroatoms. The molecule has 0 bridgehead atoms. The van der Waals surface area contributed by atoms with Crippen LogP contribution in [0.25, 0.3) is 0 Å². The first-order chi connectivity index (χ1) is 10.5. The predicted octanol–water partition coefficient (Wildman–Crippen LogP) is 2.55. The summed E-state index contributed by atoms with van der Waals surface area (Å²) in [6.07, 6.45) is -2.10. The van der Waals surface area contributed by atoms with Gasteiger partial charge in [0, 0.05) is 20.3 Å². The second-order valence-corrected chi connectivity index (χ2v) is 4.68. The molecule has 0 fully saturated rings. The zero-order valence-corrected chi connectivity index (χ0v) is 12.5. The molecule has 4 nitrogen and oxygen atoms in total. The minimum atomic E-state index is -4.34. The van der Waals surface area contributed by atoms with Crippen molar-refractivity contribution >= 4 is 24.6 Å². The third-order valence-corrected chi connectivity index (χ3v) is 2.94. The summed E-state index contributed by atoms with van der Waals surface area (Å²) in [5.74, 6) is 0. The van der Waals surface area contributed by atoms with Gasteiger partial charge < -0.3 is 15.3 Å². The van der Waals surface area contributed by atoms with Gasteiger partial charge in [-0.25, -0.2) is 0 Å². The summed E-state index contributed by atoms with van der Waals surface area (Å²) in [6, 6.07) is 4.90. The molecule has 0 atom stereocenters. The Morgan fingerprint density at radius 3 is 2.30 bits per heavy atom. The van der Waals surface area contributed by atoms with Crippen LogP contribution in [-0.2, 0) is 15.8 Å². The van der Waals surface area contributed by atoms with Gasteiger partial charge in [-0.05, 0) is 37.0 Å². The van der Waals surface area contributed by atoms with E-state index in [2.05, 4.69) is 5.16 Å². The van der Waals surface area contributed by atoms with Gasteiger partial charge in [0.15, 0.2) is 0 Å². The second-order valence-electron chi connectivity index (χ2n) is 4.68. The summed E-state index contributed by atoms with van der Waals surface area (Å²) in [5.41, 5.74) is 5.87. The van der Waals surface area contributed by atoms with Crippen LogP contribution < -0.4 is 5.73 Å². The Kier molecular flexibility index (Phi) is 11.0. The van der Waals surface area contributed by atoms with Crippen molar-refractivity contribution in [3.8, 4) is 0 Å². The quantitative estimate of drug-likeness (QED) is 0.328. The second kappa shape index (κ2) is 11.5. The number of alkyl halides is 3. The van der Waals surface area contributed by atoms with Crippen LogP contribution in [0.3, 0.4) is 0 Å². The molecule has 0 aliphatic rings. The number of benzene rings is 1. The van der Waals surface area contributed by atoms with E-state index in [9.17, 15) is 13.2 Å². The van der Waals surface area contributed by atoms with Crippen LogP contribution in [0.4, 0.5) is 13.2 Å². The van der Waals surface area contributed by atoms with Gasteiger partial charge in [-0.2, -0.15) is 13.2 Å². The first-order valence-corrected chi connectivity index (χ1v) is 7.04. The fourth-order valence-corrected chi connectivity index (χ4v) is 1.81. The number of ether oxygens (including phenoxy) is 1. The molecule has 1 aromatic carbocycles. The maximum atomic E-state index is 12.6. The van der Waals surface area contributed by atoms with E-state index in [1.807, 2.05) is 0 Å². The van der Waals surface area contributed by atoms with E-state index in [1.165, 1.54) is 12.1 Å². The number of hydrogen-bond acceptors (Lipinski definition) is 4. The Bertz CT molecular complexity index is 465. The topological polar surface area (TPSA) is 56.8 Å². The Labute approximate surface area is 146 Å². The molecule has 0 unspecified atom stereocenters. The maximum absolute atomic E-state index is 12.6. The molecule has 0 aliphatic heterocycles. The summed E-state index contributed by atoms with van der Waals surface area (Å²) in [4.78, 5) is 5.06. The molecule has 23 heavy (non-hydrogen) atoms. The molecule has 0 aromatic heterocycles. The van der Waals surface area contributed by atoms with Crippen LogP contribution in [-0.4, -0.2) is 51.4 Å². The van der Waals surface area contributed by atoms with Crippen molar-refractivity contribution in [2.24, 2.45) is 10.9 Å². The molecule has 2 N–H and O–H groups in total. The van der Waals surface area contributed by atoms with E-state index in [4.69, 9.17) is 15.3 Å². The number of unbranched alkanes of at least 4 members (excludes halogenated alkanes) is 1. The monoisotopic (exact) mass is 326 g/mol. The molecular formula is C15H22F3LiN2O2. The predicted molar refractivity (Wildman–Crippen MR) is 85.9 cm³/mol. The zero-order chi connectivity index (χ0) is 16.4. The Balaban J connectivity index is 0.00000484. The Morgan fingerprint density at radius 2 is 1.78 bits per heavy atom. The van der Waals surface area contributed by atoms with E-state index >= 15 is 0 Å². The average molecular weight is 326 g/mol. The van der Waals surface area contributed by atoms with Crippen molar-refractivity contribution in [3.63, 3.8) is 0 Å². The van der Waals surface area contributed by atoms with E-state index in [0.29, 0.717) is 30.8 Å². The summed E-state index contributed by atoms with van der Waals surface area (Å²) >= 11 is 0. The first-order valence-electron chi connectivity index (χ1n) is 7.04. The number of nitrogens with zero attached hydrogens (tertiary/aromatic N) is 1. The normalized spacial score (nSPS) is 12.0. The first kappa shape index (κ1) is 22.0. The van der Waals surface area contributed by atoms with Crippen LogP contribution in [0.15, 0.2) is 29.4 Å².